The van der Waals surface area contributed by atoms with E-state index in [2.05, 4.69) is 15.2 Å². The lowest BCUT2D eigenvalue weighted by molar-refractivity contribution is 0.0394. The molecule has 2 aliphatic heterocycles. The average molecular weight is 276 g/mol. The van der Waals surface area contributed by atoms with E-state index in [1.807, 2.05) is 18.2 Å². The summed E-state index contributed by atoms with van der Waals surface area (Å²) in [5.41, 5.74) is 7.36. The maximum atomic E-state index is 5.73. The fourth-order valence-corrected chi connectivity index (χ4v) is 2.34. The van der Waals surface area contributed by atoms with Crippen LogP contribution in [-0.4, -0.2) is 56.7 Å². The number of ether oxygens (including phenoxy) is 2. The summed E-state index contributed by atoms with van der Waals surface area (Å²) in [4.78, 5) is 6.93. The quantitative estimate of drug-likeness (QED) is 0.799. The van der Waals surface area contributed by atoms with Crippen LogP contribution in [0, 0.1) is 0 Å². The van der Waals surface area contributed by atoms with E-state index in [0.29, 0.717) is 12.3 Å². The molecule has 1 fully saturated rings. The number of hydrogen-bond donors (Lipinski definition) is 2. The number of benzene rings is 1. The Morgan fingerprint density at radius 3 is 3.00 bits per heavy atom. The number of hydrogen-bond acceptors (Lipinski definition) is 5. The van der Waals surface area contributed by atoms with E-state index in [1.165, 1.54) is 0 Å². The molecule has 0 atom stereocenters. The summed E-state index contributed by atoms with van der Waals surface area (Å²) in [6, 6.07) is 5.60. The smallest absolute Gasteiger partial charge is 0.146 e. The number of nitrogen functional groups attached to an aromatic ring is 1. The van der Waals surface area contributed by atoms with Gasteiger partial charge in [0.05, 0.1) is 25.4 Å². The van der Waals surface area contributed by atoms with Crippen molar-refractivity contribution in [2.45, 2.75) is 0 Å². The van der Waals surface area contributed by atoms with Crippen molar-refractivity contribution in [1.29, 1.82) is 0 Å². The van der Waals surface area contributed by atoms with Gasteiger partial charge in [-0.25, -0.2) is 0 Å². The van der Waals surface area contributed by atoms with Gasteiger partial charge in [-0.3, -0.25) is 9.89 Å². The summed E-state index contributed by atoms with van der Waals surface area (Å²) in [7, 11) is 0. The molecule has 108 valence electrons. The van der Waals surface area contributed by atoms with Gasteiger partial charge in [-0.05, 0) is 12.1 Å². The molecule has 3 rings (SSSR count). The standard InChI is InChI=1S/C14H20N4O2/c15-11-1-2-12-13(9-11)20-10-14(17-12)16-3-4-18-5-7-19-8-6-18/h1-2,9H,3-8,10,15H2,(H,16,17). The van der Waals surface area contributed by atoms with E-state index in [-0.39, 0.29) is 0 Å². The fourth-order valence-electron chi connectivity index (χ4n) is 2.34. The zero-order valence-electron chi connectivity index (χ0n) is 11.5. The first-order chi connectivity index (χ1) is 9.81. The number of nitrogens with zero attached hydrogens (tertiary/aromatic N) is 2. The molecular formula is C14H20N4O2. The summed E-state index contributed by atoms with van der Waals surface area (Å²) >= 11 is 0. The van der Waals surface area contributed by atoms with Crippen molar-refractivity contribution in [3.63, 3.8) is 0 Å². The van der Waals surface area contributed by atoms with Gasteiger partial charge in [0.2, 0.25) is 0 Å². The number of nitrogens with one attached hydrogen (secondary N) is 1. The molecule has 3 N–H and O–H groups in total. The topological polar surface area (TPSA) is 72.1 Å². The Hall–Kier alpha value is -1.79. The number of fused-ring (bicyclic) bond motifs is 1. The molecule has 20 heavy (non-hydrogen) atoms. The second-order valence-electron chi connectivity index (χ2n) is 4.95. The Morgan fingerprint density at radius 2 is 2.15 bits per heavy atom. The van der Waals surface area contributed by atoms with E-state index in [4.69, 9.17) is 15.2 Å². The highest BCUT2D eigenvalue weighted by atomic mass is 16.5. The van der Waals surface area contributed by atoms with Crippen molar-refractivity contribution in [3.05, 3.63) is 18.2 Å². The van der Waals surface area contributed by atoms with Gasteiger partial charge in [-0.15, -0.1) is 0 Å². The highest BCUT2D eigenvalue weighted by Gasteiger charge is 2.15. The SMILES string of the molecule is Nc1ccc2c(c1)OCC(=NCCN1CCOCC1)N2. The van der Waals surface area contributed by atoms with Gasteiger partial charge >= 0.3 is 0 Å². The lowest BCUT2D eigenvalue weighted by Crippen LogP contribution is -2.38. The zero-order chi connectivity index (χ0) is 13.8. The maximum Gasteiger partial charge on any atom is 0.146 e. The van der Waals surface area contributed by atoms with Crippen LogP contribution in [0.2, 0.25) is 0 Å². The third-order valence-corrected chi connectivity index (χ3v) is 3.47. The number of amidine groups is 1. The van der Waals surface area contributed by atoms with Crippen LogP contribution in [0.15, 0.2) is 23.2 Å². The van der Waals surface area contributed by atoms with Crippen LogP contribution in [0.5, 0.6) is 5.75 Å². The summed E-state index contributed by atoms with van der Waals surface area (Å²) in [5.74, 6) is 1.66. The average Bonchev–Trinajstić information content (AvgIpc) is 2.48. The number of rotatable bonds is 3. The van der Waals surface area contributed by atoms with Gasteiger partial charge < -0.3 is 20.5 Å². The van der Waals surface area contributed by atoms with Crippen LogP contribution in [0.3, 0.4) is 0 Å². The largest absolute Gasteiger partial charge is 0.483 e. The lowest BCUT2D eigenvalue weighted by atomic mass is 10.2. The van der Waals surface area contributed by atoms with Crippen LogP contribution in [-0.2, 0) is 4.74 Å². The Bertz CT molecular complexity index is 498. The number of nitrogens with two attached hydrogens (primary N) is 1. The fraction of sp³-hybridized carbons (Fsp3) is 0.500. The molecule has 0 spiro atoms. The Balaban J connectivity index is 1.53. The first-order valence-corrected chi connectivity index (χ1v) is 6.94. The number of aliphatic imine (C=N–C) groups is 1. The molecule has 0 bridgehead atoms. The lowest BCUT2D eigenvalue weighted by Gasteiger charge is -2.26. The highest BCUT2D eigenvalue weighted by Crippen LogP contribution is 2.29. The van der Waals surface area contributed by atoms with Crippen LogP contribution >= 0.6 is 0 Å². The Morgan fingerprint density at radius 1 is 1.30 bits per heavy atom. The van der Waals surface area contributed by atoms with Crippen LogP contribution in [0.25, 0.3) is 0 Å². The predicted octanol–water partition coefficient (Wildman–Crippen LogP) is 0.804. The minimum absolute atomic E-state index is 0.472. The molecule has 0 radical (unpaired) electrons. The van der Waals surface area contributed by atoms with Crippen molar-refractivity contribution in [1.82, 2.24) is 4.90 Å². The van der Waals surface area contributed by atoms with Crippen molar-refractivity contribution in [2.24, 2.45) is 4.99 Å². The van der Waals surface area contributed by atoms with Gasteiger partial charge in [-0.1, -0.05) is 0 Å². The summed E-state index contributed by atoms with van der Waals surface area (Å²) in [6.07, 6.45) is 0. The molecule has 2 heterocycles. The molecule has 0 saturated carbocycles. The predicted molar refractivity (Wildman–Crippen MR) is 79.5 cm³/mol. The molecule has 1 saturated heterocycles. The molecule has 6 nitrogen and oxygen atoms in total. The van der Waals surface area contributed by atoms with Crippen LogP contribution < -0.4 is 15.8 Å². The van der Waals surface area contributed by atoms with E-state index in [9.17, 15) is 0 Å². The minimum atomic E-state index is 0.472. The normalized spacial score (nSPS) is 21.1. The minimum Gasteiger partial charge on any atom is -0.483 e. The molecule has 2 aliphatic rings. The molecular weight excluding hydrogens is 256 g/mol. The van der Waals surface area contributed by atoms with Crippen molar-refractivity contribution in [2.75, 3.05) is 57.1 Å². The summed E-state index contributed by atoms with van der Waals surface area (Å²) in [6.45, 7) is 5.85. The number of anilines is 2. The highest BCUT2D eigenvalue weighted by molar-refractivity contribution is 5.99. The van der Waals surface area contributed by atoms with E-state index < -0.39 is 0 Å². The maximum absolute atomic E-state index is 5.73. The molecule has 0 amide bonds. The first kappa shape index (κ1) is 13.2. The molecule has 1 aromatic rings. The Kier molecular flexibility index (Phi) is 4.03. The van der Waals surface area contributed by atoms with Crippen molar-refractivity contribution >= 4 is 17.2 Å². The number of morpholine rings is 1. The molecule has 0 aliphatic carbocycles. The molecule has 0 aromatic heterocycles. The van der Waals surface area contributed by atoms with Crippen molar-refractivity contribution < 1.29 is 9.47 Å². The van der Waals surface area contributed by atoms with Gasteiger partial charge in [0.15, 0.2) is 0 Å². The Labute approximate surface area is 118 Å². The van der Waals surface area contributed by atoms with E-state index >= 15 is 0 Å². The summed E-state index contributed by atoms with van der Waals surface area (Å²) in [5, 5.41) is 3.29. The van der Waals surface area contributed by atoms with Gasteiger partial charge in [0, 0.05) is 31.4 Å². The second-order valence-corrected chi connectivity index (χ2v) is 4.95. The van der Waals surface area contributed by atoms with Gasteiger partial charge in [0.1, 0.15) is 18.2 Å². The van der Waals surface area contributed by atoms with Gasteiger partial charge in [-0.2, -0.15) is 0 Å². The van der Waals surface area contributed by atoms with Gasteiger partial charge in [0.25, 0.3) is 0 Å². The monoisotopic (exact) mass is 276 g/mol. The summed E-state index contributed by atoms with van der Waals surface area (Å²) < 4.78 is 11.0. The molecule has 1 aromatic carbocycles. The second kappa shape index (κ2) is 6.11. The molecule has 0 unspecified atom stereocenters. The third-order valence-electron chi connectivity index (χ3n) is 3.47. The van der Waals surface area contributed by atoms with E-state index in [0.717, 1.165) is 56.7 Å². The van der Waals surface area contributed by atoms with E-state index in [1.54, 1.807) is 0 Å². The third kappa shape index (κ3) is 3.20. The van der Waals surface area contributed by atoms with Crippen molar-refractivity contribution in [3.8, 4) is 5.75 Å². The zero-order valence-corrected chi connectivity index (χ0v) is 11.5. The first-order valence-electron chi connectivity index (χ1n) is 6.94. The van der Waals surface area contributed by atoms with Crippen LogP contribution in [0.4, 0.5) is 11.4 Å². The molecule has 6 heteroatoms. The van der Waals surface area contributed by atoms with Crippen LogP contribution in [0.1, 0.15) is 0 Å².